The van der Waals surface area contributed by atoms with Crippen molar-refractivity contribution in [2.45, 2.75) is 19.2 Å². The van der Waals surface area contributed by atoms with Gasteiger partial charge in [0.1, 0.15) is 11.9 Å². The fourth-order valence-electron chi connectivity index (χ4n) is 3.46. The summed E-state index contributed by atoms with van der Waals surface area (Å²) in [4.78, 5) is 14.7. The number of nitrogens with zero attached hydrogens (tertiary/aromatic N) is 3. The van der Waals surface area contributed by atoms with E-state index in [0.29, 0.717) is 26.2 Å². The first-order valence-corrected chi connectivity index (χ1v) is 9.43. The van der Waals surface area contributed by atoms with Gasteiger partial charge in [-0.3, -0.25) is 14.4 Å². The summed E-state index contributed by atoms with van der Waals surface area (Å²) in [6, 6.07) is 18.2. The molecule has 4 rings (SSSR count). The second-order valence-electron chi connectivity index (χ2n) is 7.09. The van der Waals surface area contributed by atoms with Crippen molar-refractivity contribution in [3.63, 3.8) is 0 Å². The molecule has 2 aromatic carbocycles. The molecule has 0 fully saturated rings. The summed E-state index contributed by atoms with van der Waals surface area (Å²) >= 11 is 0. The average molecular weight is 376 g/mol. The van der Waals surface area contributed by atoms with Gasteiger partial charge in [0.2, 0.25) is 5.91 Å². The van der Waals surface area contributed by atoms with Gasteiger partial charge in [0.15, 0.2) is 0 Å². The van der Waals surface area contributed by atoms with E-state index in [-0.39, 0.29) is 12.0 Å². The number of carbonyl (C=O) groups is 1. The highest BCUT2D eigenvalue weighted by Gasteiger charge is 2.25. The Morgan fingerprint density at radius 2 is 1.96 bits per heavy atom. The van der Waals surface area contributed by atoms with E-state index in [2.05, 4.69) is 33.5 Å². The second-order valence-corrected chi connectivity index (χ2v) is 7.09. The van der Waals surface area contributed by atoms with Gasteiger partial charge in [-0.25, -0.2) is 0 Å². The van der Waals surface area contributed by atoms with Crippen LogP contribution in [0.5, 0.6) is 5.75 Å². The molecule has 1 N–H and O–H groups in total. The highest BCUT2D eigenvalue weighted by molar-refractivity contribution is 5.78. The van der Waals surface area contributed by atoms with Gasteiger partial charge in [-0.2, -0.15) is 5.10 Å². The fraction of sp³-hybridized carbons (Fsp3) is 0.273. The first-order chi connectivity index (χ1) is 13.7. The molecule has 1 aliphatic rings. The van der Waals surface area contributed by atoms with Gasteiger partial charge < -0.3 is 10.1 Å². The zero-order valence-corrected chi connectivity index (χ0v) is 15.9. The van der Waals surface area contributed by atoms with Crippen LogP contribution in [0.1, 0.15) is 22.8 Å². The van der Waals surface area contributed by atoms with Crippen LogP contribution < -0.4 is 10.1 Å². The monoisotopic (exact) mass is 376 g/mol. The summed E-state index contributed by atoms with van der Waals surface area (Å²) < 4.78 is 8.03. The Kier molecular flexibility index (Phi) is 5.39. The summed E-state index contributed by atoms with van der Waals surface area (Å²) in [5.74, 6) is 0.879. The van der Waals surface area contributed by atoms with E-state index >= 15 is 0 Å². The SMILES string of the molecule is Cn1cc(CNC(=O)CN2Cc3ccccc3OC(c3ccccc3)C2)cn1. The summed E-state index contributed by atoms with van der Waals surface area (Å²) in [7, 11) is 1.86. The smallest absolute Gasteiger partial charge is 0.234 e. The third-order valence-electron chi connectivity index (χ3n) is 4.85. The molecule has 144 valence electrons. The fourth-order valence-corrected chi connectivity index (χ4v) is 3.46. The highest BCUT2D eigenvalue weighted by atomic mass is 16.5. The third-order valence-corrected chi connectivity index (χ3v) is 4.85. The largest absolute Gasteiger partial charge is 0.484 e. The van der Waals surface area contributed by atoms with Crippen LogP contribution in [0.25, 0.3) is 0 Å². The van der Waals surface area contributed by atoms with E-state index in [1.54, 1.807) is 10.9 Å². The van der Waals surface area contributed by atoms with Crippen LogP contribution in [0.2, 0.25) is 0 Å². The number of rotatable bonds is 5. The van der Waals surface area contributed by atoms with Gasteiger partial charge in [0, 0.05) is 44.0 Å². The molecule has 6 heteroatoms. The minimum Gasteiger partial charge on any atom is -0.484 e. The van der Waals surface area contributed by atoms with E-state index in [4.69, 9.17) is 4.74 Å². The van der Waals surface area contributed by atoms with Crippen molar-refractivity contribution in [2.75, 3.05) is 13.1 Å². The van der Waals surface area contributed by atoms with Gasteiger partial charge in [0.05, 0.1) is 12.7 Å². The summed E-state index contributed by atoms with van der Waals surface area (Å²) in [6.45, 7) is 2.13. The second kappa shape index (κ2) is 8.27. The normalized spacial score (nSPS) is 16.7. The van der Waals surface area contributed by atoms with E-state index in [9.17, 15) is 4.79 Å². The van der Waals surface area contributed by atoms with Crippen LogP contribution >= 0.6 is 0 Å². The van der Waals surface area contributed by atoms with Crippen molar-refractivity contribution in [1.82, 2.24) is 20.0 Å². The number of benzene rings is 2. The number of aromatic nitrogens is 2. The summed E-state index contributed by atoms with van der Waals surface area (Å²) in [6.07, 6.45) is 3.56. The summed E-state index contributed by atoms with van der Waals surface area (Å²) in [5, 5.41) is 7.11. The van der Waals surface area contributed by atoms with Crippen molar-refractivity contribution in [2.24, 2.45) is 7.05 Å². The Hall–Kier alpha value is -3.12. The number of ether oxygens (including phenoxy) is 1. The van der Waals surface area contributed by atoms with Gasteiger partial charge in [-0.1, -0.05) is 48.5 Å². The molecule has 1 aliphatic heterocycles. The number of fused-ring (bicyclic) bond motifs is 1. The van der Waals surface area contributed by atoms with Gasteiger partial charge in [0.25, 0.3) is 0 Å². The number of amides is 1. The van der Waals surface area contributed by atoms with Gasteiger partial charge >= 0.3 is 0 Å². The molecule has 0 radical (unpaired) electrons. The molecule has 28 heavy (non-hydrogen) atoms. The van der Waals surface area contributed by atoms with E-state index in [0.717, 1.165) is 22.4 Å². The minimum atomic E-state index is -0.115. The lowest BCUT2D eigenvalue weighted by atomic mass is 10.1. The molecule has 0 spiro atoms. The van der Waals surface area contributed by atoms with Gasteiger partial charge in [-0.05, 0) is 11.6 Å². The first kappa shape index (κ1) is 18.3. The lowest BCUT2D eigenvalue weighted by molar-refractivity contribution is -0.122. The predicted molar refractivity (Wildman–Crippen MR) is 107 cm³/mol. The van der Waals surface area contributed by atoms with Crippen molar-refractivity contribution >= 4 is 5.91 Å². The lowest BCUT2D eigenvalue weighted by Crippen LogP contribution is -2.38. The minimum absolute atomic E-state index is 0.00459. The van der Waals surface area contributed by atoms with Crippen LogP contribution in [-0.2, 0) is 24.9 Å². The molecule has 1 unspecified atom stereocenters. The Morgan fingerprint density at radius 3 is 2.75 bits per heavy atom. The van der Waals surface area contributed by atoms with E-state index < -0.39 is 0 Å². The molecule has 6 nitrogen and oxygen atoms in total. The number of aryl methyl sites for hydroxylation is 1. The Labute approximate surface area is 164 Å². The Balaban J connectivity index is 1.46. The van der Waals surface area contributed by atoms with Crippen molar-refractivity contribution in [3.05, 3.63) is 83.7 Å². The van der Waals surface area contributed by atoms with E-state index in [1.165, 1.54) is 0 Å². The van der Waals surface area contributed by atoms with E-state index in [1.807, 2.05) is 49.6 Å². The molecule has 0 bridgehead atoms. The van der Waals surface area contributed by atoms with Crippen molar-refractivity contribution in [1.29, 1.82) is 0 Å². The standard InChI is InChI=1S/C22H24N4O2/c1-25-13-17(12-24-25)11-23-22(27)16-26-14-19-9-5-6-10-20(19)28-21(15-26)18-7-3-2-4-8-18/h2-10,12-13,21H,11,14-16H2,1H3,(H,23,27). The summed E-state index contributed by atoms with van der Waals surface area (Å²) in [5.41, 5.74) is 3.20. The molecule has 2 heterocycles. The number of carbonyl (C=O) groups excluding carboxylic acids is 1. The maximum absolute atomic E-state index is 12.5. The quantitative estimate of drug-likeness (QED) is 0.744. The molecular formula is C22H24N4O2. The average Bonchev–Trinajstić information content (AvgIpc) is 3.03. The van der Waals surface area contributed by atoms with Crippen molar-refractivity contribution in [3.8, 4) is 5.75 Å². The molecule has 0 saturated heterocycles. The molecule has 3 aromatic rings. The maximum atomic E-state index is 12.5. The van der Waals surface area contributed by atoms with Crippen LogP contribution in [0.3, 0.4) is 0 Å². The van der Waals surface area contributed by atoms with Crippen molar-refractivity contribution < 1.29 is 9.53 Å². The molecule has 0 aliphatic carbocycles. The predicted octanol–water partition coefficient (Wildman–Crippen LogP) is 2.67. The molecule has 1 aromatic heterocycles. The Morgan fingerprint density at radius 1 is 1.18 bits per heavy atom. The lowest BCUT2D eigenvalue weighted by Gasteiger charge is -2.23. The molecule has 1 amide bonds. The number of nitrogens with one attached hydrogen (secondary N) is 1. The van der Waals surface area contributed by atoms with Crippen LogP contribution in [0.15, 0.2) is 67.0 Å². The van der Waals surface area contributed by atoms with Crippen LogP contribution in [0.4, 0.5) is 0 Å². The molecule has 1 atom stereocenters. The Bertz CT molecular complexity index is 938. The zero-order valence-electron chi connectivity index (χ0n) is 15.9. The maximum Gasteiger partial charge on any atom is 0.234 e. The third kappa shape index (κ3) is 4.40. The first-order valence-electron chi connectivity index (χ1n) is 9.43. The topological polar surface area (TPSA) is 59.4 Å². The highest BCUT2D eigenvalue weighted by Crippen LogP contribution is 2.30. The van der Waals surface area contributed by atoms with Gasteiger partial charge in [-0.15, -0.1) is 0 Å². The molecule has 0 saturated carbocycles. The molecular weight excluding hydrogens is 352 g/mol. The number of hydrogen-bond donors (Lipinski definition) is 1. The number of hydrogen-bond acceptors (Lipinski definition) is 4. The zero-order chi connectivity index (χ0) is 19.3. The van der Waals surface area contributed by atoms with Crippen LogP contribution in [0, 0.1) is 0 Å². The number of para-hydroxylation sites is 1. The van der Waals surface area contributed by atoms with Crippen LogP contribution in [-0.4, -0.2) is 33.7 Å².